The molecule has 0 heterocycles. The predicted octanol–water partition coefficient (Wildman–Crippen LogP) is 2.57. The largest absolute Gasteiger partial charge is 0.493 e. The average Bonchev–Trinajstić information content (AvgIpc) is 2.31. The highest BCUT2D eigenvalue weighted by molar-refractivity contribution is 6.31. The summed E-state index contributed by atoms with van der Waals surface area (Å²) in [5, 5.41) is 0.427. The Morgan fingerprint density at radius 1 is 1.41 bits per heavy atom. The van der Waals surface area contributed by atoms with Gasteiger partial charge in [-0.05, 0) is 13.0 Å². The zero-order chi connectivity index (χ0) is 12.8. The van der Waals surface area contributed by atoms with E-state index in [1.165, 1.54) is 13.2 Å². The third-order valence-corrected chi connectivity index (χ3v) is 2.33. The third kappa shape index (κ3) is 3.61. The summed E-state index contributed by atoms with van der Waals surface area (Å²) < 4.78 is 15.7. The molecule has 1 aromatic rings. The van der Waals surface area contributed by atoms with Gasteiger partial charge in [-0.3, -0.25) is 4.79 Å². The van der Waals surface area contributed by atoms with Crippen LogP contribution in [0, 0.1) is 0 Å². The van der Waals surface area contributed by atoms with E-state index >= 15 is 0 Å². The van der Waals surface area contributed by atoms with Crippen LogP contribution < -0.4 is 9.47 Å². The van der Waals surface area contributed by atoms with Crippen molar-refractivity contribution in [2.45, 2.75) is 13.0 Å². The Hall–Kier alpha value is -1.26. The molecule has 1 unspecified atom stereocenters. The first-order valence-corrected chi connectivity index (χ1v) is 5.48. The lowest BCUT2D eigenvalue weighted by Crippen LogP contribution is -2.19. The molecule has 0 saturated heterocycles. The topological polar surface area (TPSA) is 44.8 Å². The fraction of sp³-hybridized carbons (Fsp3) is 0.417. The minimum atomic E-state index is -0.186. The van der Waals surface area contributed by atoms with Crippen LogP contribution in [0.3, 0.4) is 0 Å². The van der Waals surface area contributed by atoms with Gasteiger partial charge in [0.1, 0.15) is 6.10 Å². The molecule has 1 atom stereocenters. The summed E-state index contributed by atoms with van der Waals surface area (Å²) in [6.45, 7) is 2.26. The minimum absolute atomic E-state index is 0.186. The normalized spacial score (nSPS) is 12.0. The molecule has 1 aromatic carbocycles. The number of aldehydes is 1. The maximum atomic E-state index is 11.0. The number of benzene rings is 1. The number of hydrogen-bond acceptors (Lipinski definition) is 4. The molecular weight excluding hydrogens is 244 g/mol. The second kappa shape index (κ2) is 6.47. The van der Waals surface area contributed by atoms with Crippen LogP contribution in [0.25, 0.3) is 0 Å². The molecule has 0 aliphatic heterocycles. The van der Waals surface area contributed by atoms with E-state index in [1.54, 1.807) is 13.2 Å². The number of carbonyl (C=O) groups is 1. The quantitative estimate of drug-likeness (QED) is 0.736. The van der Waals surface area contributed by atoms with Gasteiger partial charge in [-0.25, -0.2) is 0 Å². The van der Waals surface area contributed by atoms with Crippen LogP contribution in [0.5, 0.6) is 11.5 Å². The van der Waals surface area contributed by atoms with Gasteiger partial charge < -0.3 is 14.2 Å². The van der Waals surface area contributed by atoms with Crippen LogP contribution >= 0.6 is 11.6 Å². The molecule has 5 heteroatoms. The lowest BCUT2D eigenvalue weighted by Gasteiger charge is -2.17. The zero-order valence-corrected chi connectivity index (χ0v) is 10.8. The van der Waals surface area contributed by atoms with Crippen LogP contribution in [-0.2, 0) is 4.74 Å². The standard InChI is InChI=1S/C12H15ClO4/c1-8(7-15-2)17-12-9(6-14)4-10(13)5-11(12)16-3/h4-6,8H,7H2,1-3H3. The highest BCUT2D eigenvalue weighted by Gasteiger charge is 2.15. The van der Waals surface area contributed by atoms with Crippen LogP contribution in [0.2, 0.25) is 5.02 Å². The van der Waals surface area contributed by atoms with Crippen molar-refractivity contribution in [1.82, 2.24) is 0 Å². The van der Waals surface area contributed by atoms with E-state index in [9.17, 15) is 4.79 Å². The van der Waals surface area contributed by atoms with Gasteiger partial charge in [0.05, 0.1) is 19.3 Å². The molecule has 4 nitrogen and oxygen atoms in total. The van der Waals surface area contributed by atoms with Crippen molar-refractivity contribution >= 4 is 17.9 Å². The van der Waals surface area contributed by atoms with Gasteiger partial charge in [-0.15, -0.1) is 0 Å². The monoisotopic (exact) mass is 258 g/mol. The van der Waals surface area contributed by atoms with Crippen molar-refractivity contribution in [3.8, 4) is 11.5 Å². The van der Waals surface area contributed by atoms with Crippen LogP contribution in [0.15, 0.2) is 12.1 Å². The van der Waals surface area contributed by atoms with Crippen molar-refractivity contribution < 1.29 is 19.0 Å². The summed E-state index contributed by atoms with van der Waals surface area (Å²) in [5.74, 6) is 0.819. The van der Waals surface area contributed by atoms with Gasteiger partial charge in [-0.1, -0.05) is 11.6 Å². The first kappa shape index (κ1) is 13.8. The summed E-state index contributed by atoms with van der Waals surface area (Å²) >= 11 is 5.86. The van der Waals surface area contributed by atoms with Gasteiger partial charge in [0.2, 0.25) is 0 Å². The molecule has 0 aliphatic rings. The van der Waals surface area contributed by atoms with E-state index in [4.69, 9.17) is 25.8 Å². The summed E-state index contributed by atoms with van der Waals surface area (Å²) in [6, 6.07) is 3.13. The van der Waals surface area contributed by atoms with Crippen LogP contribution in [0.1, 0.15) is 17.3 Å². The zero-order valence-electron chi connectivity index (χ0n) is 10.0. The summed E-state index contributed by atoms with van der Waals surface area (Å²) in [6.07, 6.45) is 0.497. The number of ether oxygens (including phenoxy) is 3. The van der Waals surface area contributed by atoms with E-state index in [0.717, 1.165) is 0 Å². The van der Waals surface area contributed by atoms with E-state index in [0.29, 0.717) is 35.0 Å². The minimum Gasteiger partial charge on any atom is -0.493 e. The smallest absolute Gasteiger partial charge is 0.172 e. The maximum absolute atomic E-state index is 11.0. The van der Waals surface area contributed by atoms with Crippen molar-refractivity contribution in [1.29, 1.82) is 0 Å². The van der Waals surface area contributed by atoms with Crippen LogP contribution in [-0.4, -0.2) is 33.2 Å². The maximum Gasteiger partial charge on any atom is 0.172 e. The number of hydrogen-bond donors (Lipinski definition) is 0. The molecule has 0 spiro atoms. The molecule has 0 amide bonds. The number of rotatable bonds is 6. The number of carbonyl (C=O) groups excluding carboxylic acids is 1. The summed E-state index contributed by atoms with van der Waals surface area (Å²) in [5.41, 5.74) is 0.359. The van der Waals surface area contributed by atoms with Crippen molar-refractivity contribution in [2.24, 2.45) is 0 Å². The Morgan fingerprint density at radius 3 is 2.65 bits per heavy atom. The van der Waals surface area contributed by atoms with E-state index in [2.05, 4.69) is 0 Å². The lowest BCUT2D eigenvalue weighted by molar-refractivity contribution is 0.0884. The van der Waals surface area contributed by atoms with Gasteiger partial charge in [0.25, 0.3) is 0 Å². The second-order valence-electron chi connectivity index (χ2n) is 3.53. The Kier molecular flexibility index (Phi) is 5.25. The van der Waals surface area contributed by atoms with Crippen molar-refractivity contribution in [3.05, 3.63) is 22.7 Å². The first-order valence-electron chi connectivity index (χ1n) is 5.10. The molecule has 0 fully saturated rings. The van der Waals surface area contributed by atoms with Gasteiger partial charge in [0.15, 0.2) is 17.8 Å². The Morgan fingerprint density at radius 2 is 2.12 bits per heavy atom. The summed E-state index contributed by atoms with van der Waals surface area (Å²) in [4.78, 5) is 11.0. The molecule has 0 aliphatic carbocycles. The van der Waals surface area contributed by atoms with Gasteiger partial charge in [-0.2, -0.15) is 0 Å². The average molecular weight is 259 g/mol. The molecule has 0 bridgehead atoms. The third-order valence-electron chi connectivity index (χ3n) is 2.12. The molecule has 1 rings (SSSR count). The van der Waals surface area contributed by atoms with Gasteiger partial charge >= 0.3 is 0 Å². The molecule has 94 valence electrons. The highest BCUT2D eigenvalue weighted by Crippen LogP contribution is 2.34. The predicted molar refractivity (Wildman–Crippen MR) is 65.4 cm³/mol. The SMILES string of the molecule is COCC(C)Oc1c(C=O)cc(Cl)cc1OC. The van der Waals surface area contributed by atoms with E-state index in [1.807, 2.05) is 6.92 Å². The molecule has 0 N–H and O–H groups in total. The first-order chi connectivity index (χ1) is 8.12. The summed E-state index contributed by atoms with van der Waals surface area (Å²) in [7, 11) is 3.08. The van der Waals surface area contributed by atoms with Gasteiger partial charge in [0, 0.05) is 18.2 Å². The number of halogens is 1. The fourth-order valence-corrected chi connectivity index (χ4v) is 1.64. The van der Waals surface area contributed by atoms with Crippen LogP contribution in [0.4, 0.5) is 0 Å². The van der Waals surface area contributed by atoms with E-state index in [-0.39, 0.29) is 6.10 Å². The Balaban J connectivity index is 3.06. The molecule has 0 aromatic heterocycles. The fourth-order valence-electron chi connectivity index (χ4n) is 1.42. The Bertz CT molecular complexity index is 392. The molecule has 0 saturated carbocycles. The number of methoxy groups -OCH3 is 2. The molecule has 0 radical (unpaired) electrons. The molecular formula is C12H15ClO4. The van der Waals surface area contributed by atoms with Crippen molar-refractivity contribution in [3.63, 3.8) is 0 Å². The highest BCUT2D eigenvalue weighted by atomic mass is 35.5. The lowest BCUT2D eigenvalue weighted by atomic mass is 10.2. The molecule has 17 heavy (non-hydrogen) atoms. The van der Waals surface area contributed by atoms with Crippen molar-refractivity contribution in [2.75, 3.05) is 20.8 Å². The Labute approximate surface area is 105 Å². The van der Waals surface area contributed by atoms with E-state index < -0.39 is 0 Å². The second-order valence-corrected chi connectivity index (χ2v) is 3.96.